The average molecular weight is 355 g/mol. The Bertz CT molecular complexity index is 744. The zero-order valence-electron chi connectivity index (χ0n) is 15.4. The lowest BCUT2D eigenvalue weighted by Gasteiger charge is -2.28. The van der Waals surface area contributed by atoms with Crippen LogP contribution < -0.4 is 4.90 Å². The minimum Gasteiger partial charge on any atom is -0.331 e. The summed E-state index contributed by atoms with van der Waals surface area (Å²) in [7, 11) is 1.66. The number of amides is 3. The minimum absolute atomic E-state index is 0.0724. The predicted molar refractivity (Wildman–Crippen MR) is 99.9 cm³/mol. The van der Waals surface area contributed by atoms with E-state index in [1.54, 1.807) is 36.2 Å². The Kier molecular flexibility index (Phi) is 5.40. The number of unbranched alkanes of at least 4 members (excludes halogenated alkanes) is 1. The zero-order valence-corrected chi connectivity index (χ0v) is 15.4. The summed E-state index contributed by atoms with van der Waals surface area (Å²) in [4.78, 5) is 42.8. The second kappa shape index (κ2) is 7.72. The third-order valence-electron chi connectivity index (χ3n) is 5.04. The molecule has 0 N–H and O–H groups in total. The van der Waals surface area contributed by atoms with Crippen molar-refractivity contribution in [3.05, 3.63) is 42.0 Å². The van der Waals surface area contributed by atoms with Crippen LogP contribution in [0.5, 0.6) is 0 Å². The Hall–Kier alpha value is -2.63. The molecule has 0 spiro atoms. The van der Waals surface area contributed by atoms with Crippen LogP contribution in [0, 0.1) is 0 Å². The summed E-state index contributed by atoms with van der Waals surface area (Å²) < 4.78 is 0. The van der Waals surface area contributed by atoms with E-state index in [4.69, 9.17) is 0 Å². The number of likely N-dealkylation sites (N-methyl/N-ethyl adjacent to an activating group) is 1. The van der Waals surface area contributed by atoms with E-state index in [0.29, 0.717) is 17.8 Å². The van der Waals surface area contributed by atoms with Gasteiger partial charge in [0.15, 0.2) is 0 Å². The highest BCUT2D eigenvalue weighted by molar-refractivity contribution is 6.10. The van der Waals surface area contributed by atoms with Crippen molar-refractivity contribution in [2.24, 2.45) is 0 Å². The molecule has 0 aliphatic carbocycles. The van der Waals surface area contributed by atoms with Gasteiger partial charge in [0.1, 0.15) is 13.1 Å². The SMILES string of the molecule is CCCC[C@H]1C=CCN1C(=O)CN1CC(=O)N(C)c2ccccc2C1=O. The van der Waals surface area contributed by atoms with Crippen LogP contribution in [0.15, 0.2) is 36.4 Å². The number of hydrogen-bond donors (Lipinski definition) is 0. The molecule has 0 bridgehead atoms. The molecule has 0 saturated carbocycles. The van der Waals surface area contributed by atoms with Gasteiger partial charge in [-0.25, -0.2) is 0 Å². The molecule has 0 radical (unpaired) electrons. The van der Waals surface area contributed by atoms with Crippen molar-refractivity contribution in [2.75, 3.05) is 31.6 Å². The largest absolute Gasteiger partial charge is 0.331 e. The molecule has 2 heterocycles. The molecule has 2 aliphatic heterocycles. The lowest BCUT2D eigenvalue weighted by atomic mass is 10.1. The van der Waals surface area contributed by atoms with E-state index >= 15 is 0 Å². The second-order valence-corrected chi connectivity index (χ2v) is 6.81. The van der Waals surface area contributed by atoms with Gasteiger partial charge >= 0.3 is 0 Å². The maximum Gasteiger partial charge on any atom is 0.256 e. The molecule has 0 unspecified atom stereocenters. The fourth-order valence-electron chi connectivity index (χ4n) is 3.50. The third-order valence-corrected chi connectivity index (χ3v) is 5.04. The summed E-state index contributed by atoms with van der Waals surface area (Å²) in [5, 5.41) is 0. The van der Waals surface area contributed by atoms with E-state index in [-0.39, 0.29) is 36.9 Å². The highest BCUT2D eigenvalue weighted by Gasteiger charge is 2.33. The molecular weight excluding hydrogens is 330 g/mol. The fourth-order valence-corrected chi connectivity index (χ4v) is 3.50. The number of nitrogens with zero attached hydrogens (tertiary/aromatic N) is 3. The van der Waals surface area contributed by atoms with E-state index in [2.05, 4.69) is 13.0 Å². The quantitative estimate of drug-likeness (QED) is 0.760. The van der Waals surface area contributed by atoms with Gasteiger partial charge in [-0.05, 0) is 18.6 Å². The Morgan fingerprint density at radius 2 is 2.00 bits per heavy atom. The van der Waals surface area contributed by atoms with Crippen LogP contribution in [0.1, 0.15) is 36.5 Å². The van der Waals surface area contributed by atoms with Gasteiger partial charge in [-0.2, -0.15) is 0 Å². The van der Waals surface area contributed by atoms with Crippen LogP contribution in [0.25, 0.3) is 0 Å². The lowest BCUT2D eigenvalue weighted by molar-refractivity contribution is -0.132. The number of benzene rings is 1. The first-order chi connectivity index (χ1) is 12.5. The lowest BCUT2D eigenvalue weighted by Crippen LogP contribution is -2.46. The van der Waals surface area contributed by atoms with E-state index in [1.165, 1.54) is 9.80 Å². The van der Waals surface area contributed by atoms with Crippen molar-refractivity contribution in [2.45, 2.75) is 32.2 Å². The Morgan fingerprint density at radius 3 is 2.77 bits per heavy atom. The van der Waals surface area contributed by atoms with Crippen molar-refractivity contribution >= 4 is 23.4 Å². The monoisotopic (exact) mass is 355 g/mol. The molecule has 1 aromatic carbocycles. The van der Waals surface area contributed by atoms with Crippen LogP contribution in [-0.2, 0) is 9.59 Å². The average Bonchev–Trinajstić information content (AvgIpc) is 3.10. The summed E-state index contributed by atoms with van der Waals surface area (Å²) >= 11 is 0. The van der Waals surface area contributed by atoms with E-state index in [0.717, 1.165) is 19.3 Å². The number of para-hydroxylation sites is 1. The molecule has 26 heavy (non-hydrogen) atoms. The molecule has 1 atom stereocenters. The Morgan fingerprint density at radius 1 is 1.23 bits per heavy atom. The maximum atomic E-state index is 12.9. The number of fused-ring (bicyclic) bond motifs is 1. The van der Waals surface area contributed by atoms with Crippen molar-refractivity contribution in [3.8, 4) is 0 Å². The molecule has 0 aromatic heterocycles. The molecular formula is C20H25N3O3. The van der Waals surface area contributed by atoms with Crippen molar-refractivity contribution < 1.29 is 14.4 Å². The second-order valence-electron chi connectivity index (χ2n) is 6.81. The summed E-state index contributed by atoms with van der Waals surface area (Å²) in [6.07, 6.45) is 7.12. The van der Waals surface area contributed by atoms with E-state index in [1.807, 2.05) is 6.08 Å². The number of carbonyl (C=O) groups is 3. The minimum atomic E-state index is -0.274. The molecule has 3 rings (SSSR count). The predicted octanol–water partition coefficient (Wildman–Crippen LogP) is 2.06. The van der Waals surface area contributed by atoms with Gasteiger partial charge in [-0.3, -0.25) is 14.4 Å². The van der Waals surface area contributed by atoms with Crippen LogP contribution in [-0.4, -0.2) is 60.2 Å². The van der Waals surface area contributed by atoms with Crippen molar-refractivity contribution in [1.29, 1.82) is 0 Å². The molecule has 3 amide bonds. The van der Waals surface area contributed by atoms with Gasteiger partial charge in [-0.15, -0.1) is 0 Å². The highest BCUT2D eigenvalue weighted by atomic mass is 16.2. The van der Waals surface area contributed by atoms with Gasteiger partial charge in [0.2, 0.25) is 11.8 Å². The maximum absolute atomic E-state index is 12.9. The van der Waals surface area contributed by atoms with E-state index in [9.17, 15) is 14.4 Å². The molecule has 0 fully saturated rings. The Balaban J connectivity index is 1.76. The fraction of sp³-hybridized carbons (Fsp3) is 0.450. The number of rotatable bonds is 5. The zero-order chi connectivity index (χ0) is 18.7. The molecule has 6 heteroatoms. The number of anilines is 1. The van der Waals surface area contributed by atoms with Gasteiger partial charge in [0.05, 0.1) is 17.3 Å². The van der Waals surface area contributed by atoms with E-state index < -0.39 is 0 Å². The first kappa shape index (κ1) is 18.2. The van der Waals surface area contributed by atoms with Crippen molar-refractivity contribution in [3.63, 3.8) is 0 Å². The molecule has 138 valence electrons. The summed E-state index contributed by atoms with van der Waals surface area (Å²) in [5.74, 6) is -0.582. The molecule has 6 nitrogen and oxygen atoms in total. The van der Waals surface area contributed by atoms with Gasteiger partial charge in [0, 0.05) is 13.6 Å². The highest BCUT2D eigenvalue weighted by Crippen LogP contribution is 2.24. The first-order valence-electron chi connectivity index (χ1n) is 9.14. The normalized spacial score (nSPS) is 19.8. The summed E-state index contributed by atoms with van der Waals surface area (Å²) in [6, 6.07) is 7.11. The van der Waals surface area contributed by atoms with Crippen LogP contribution in [0.4, 0.5) is 5.69 Å². The smallest absolute Gasteiger partial charge is 0.256 e. The number of hydrogen-bond acceptors (Lipinski definition) is 3. The summed E-state index contributed by atoms with van der Waals surface area (Å²) in [5.41, 5.74) is 1.04. The van der Waals surface area contributed by atoms with Crippen LogP contribution in [0.2, 0.25) is 0 Å². The first-order valence-corrected chi connectivity index (χ1v) is 9.14. The number of carbonyl (C=O) groups excluding carboxylic acids is 3. The van der Waals surface area contributed by atoms with Gasteiger partial charge in [-0.1, -0.05) is 44.1 Å². The van der Waals surface area contributed by atoms with Crippen LogP contribution >= 0.6 is 0 Å². The summed E-state index contributed by atoms with van der Waals surface area (Å²) in [6.45, 7) is 2.54. The topological polar surface area (TPSA) is 60.9 Å². The Labute approximate surface area is 154 Å². The molecule has 1 aromatic rings. The third kappa shape index (κ3) is 3.49. The van der Waals surface area contributed by atoms with Gasteiger partial charge < -0.3 is 14.7 Å². The van der Waals surface area contributed by atoms with Crippen LogP contribution in [0.3, 0.4) is 0 Å². The molecule has 2 aliphatic rings. The van der Waals surface area contributed by atoms with Crippen molar-refractivity contribution in [1.82, 2.24) is 9.80 Å². The standard InChI is InChI=1S/C20H25N3O3/c1-3-4-8-15-9-7-12-23(15)19(25)14-22-13-18(24)21(2)17-11-6-5-10-16(17)20(22)26/h5-7,9-11,15H,3-4,8,12-14H2,1-2H3/t15-/m0/s1. The van der Waals surface area contributed by atoms with Gasteiger partial charge in [0.25, 0.3) is 5.91 Å². The molecule has 0 saturated heterocycles.